The number of amides is 1. The SMILES string of the molecule is O=C(N=Nc1c(O)n(CN2C[C@H]3C[C@H](C2)c2cccc(=O)n2C3)c2ccc(Br)cc12)c1ccco1. The average molecular weight is 536 g/mol. The van der Waals surface area contributed by atoms with E-state index in [1.54, 1.807) is 16.7 Å². The lowest BCUT2D eigenvalue weighted by Gasteiger charge is -2.42. The molecule has 1 aromatic carbocycles. The molecule has 5 heterocycles. The standard InChI is InChI=1S/C25H22BrN5O4/c26-17-6-7-20-18(10-17)23(27-28-24(33)21-4-2-8-35-21)25(34)31(20)14-29-11-15-9-16(13-29)19-3-1-5-22(32)30(19)12-15/h1-8,10,15-16,34H,9,11-14H2/t15-,16-/m1/s1. The van der Waals surface area contributed by atoms with Gasteiger partial charge in [0.15, 0.2) is 11.4 Å². The van der Waals surface area contributed by atoms with Gasteiger partial charge in [-0.05, 0) is 48.7 Å². The van der Waals surface area contributed by atoms with Crippen LogP contribution >= 0.6 is 15.9 Å². The Bertz CT molecular complexity index is 1520. The third-order valence-corrected chi connectivity index (χ3v) is 7.33. The zero-order valence-electron chi connectivity index (χ0n) is 18.7. The van der Waals surface area contributed by atoms with Crippen molar-refractivity contribution >= 4 is 38.4 Å². The van der Waals surface area contributed by atoms with Gasteiger partial charge in [0.1, 0.15) is 0 Å². The van der Waals surface area contributed by atoms with Crippen LogP contribution in [0.2, 0.25) is 0 Å². The van der Waals surface area contributed by atoms with Crippen LogP contribution in [-0.2, 0) is 13.2 Å². The molecule has 2 atom stereocenters. The molecule has 2 aliphatic heterocycles. The molecular formula is C25H22BrN5O4. The monoisotopic (exact) mass is 535 g/mol. The van der Waals surface area contributed by atoms with Crippen molar-refractivity contribution in [3.05, 3.63) is 81.1 Å². The van der Waals surface area contributed by atoms with E-state index in [-0.39, 0.29) is 28.8 Å². The number of hydrogen-bond acceptors (Lipinski definition) is 6. The lowest BCUT2D eigenvalue weighted by molar-refractivity contribution is 0.0922. The van der Waals surface area contributed by atoms with E-state index in [1.165, 1.54) is 12.3 Å². The van der Waals surface area contributed by atoms with Crippen molar-refractivity contribution in [2.75, 3.05) is 13.1 Å². The third kappa shape index (κ3) is 3.92. The summed E-state index contributed by atoms with van der Waals surface area (Å²) in [6, 6.07) is 14.3. The number of carbonyl (C=O) groups is 1. The summed E-state index contributed by atoms with van der Waals surface area (Å²) in [7, 11) is 0. The number of azo groups is 1. The molecule has 0 spiro atoms. The Morgan fingerprint density at radius 3 is 2.86 bits per heavy atom. The summed E-state index contributed by atoms with van der Waals surface area (Å²) >= 11 is 3.48. The molecular weight excluding hydrogens is 514 g/mol. The molecule has 6 rings (SSSR count). The predicted molar refractivity (Wildman–Crippen MR) is 132 cm³/mol. The molecule has 2 aliphatic rings. The van der Waals surface area contributed by atoms with E-state index in [0.29, 0.717) is 24.5 Å². The number of furan rings is 1. The van der Waals surface area contributed by atoms with Gasteiger partial charge in [-0.1, -0.05) is 22.0 Å². The number of aromatic nitrogens is 2. The summed E-state index contributed by atoms with van der Waals surface area (Å²) in [5.41, 5.74) is 2.16. The van der Waals surface area contributed by atoms with Crippen LogP contribution in [0, 0.1) is 5.92 Å². The summed E-state index contributed by atoms with van der Waals surface area (Å²) in [6.07, 6.45) is 2.45. The fraction of sp³-hybridized carbons (Fsp3) is 0.280. The molecule has 4 aromatic rings. The van der Waals surface area contributed by atoms with Crippen molar-refractivity contribution in [2.24, 2.45) is 16.1 Å². The highest BCUT2D eigenvalue weighted by molar-refractivity contribution is 9.10. The fourth-order valence-electron chi connectivity index (χ4n) is 5.39. The Labute approximate surface area is 208 Å². The van der Waals surface area contributed by atoms with Crippen LogP contribution in [0.3, 0.4) is 0 Å². The Balaban J connectivity index is 1.33. The quantitative estimate of drug-likeness (QED) is 0.375. The van der Waals surface area contributed by atoms with Crippen LogP contribution in [0.4, 0.5) is 5.69 Å². The van der Waals surface area contributed by atoms with E-state index >= 15 is 0 Å². The van der Waals surface area contributed by atoms with E-state index < -0.39 is 5.91 Å². The van der Waals surface area contributed by atoms with Crippen LogP contribution < -0.4 is 5.56 Å². The molecule has 3 aromatic heterocycles. The van der Waals surface area contributed by atoms with Gasteiger partial charge < -0.3 is 14.1 Å². The van der Waals surface area contributed by atoms with E-state index in [9.17, 15) is 14.7 Å². The van der Waals surface area contributed by atoms with Crippen molar-refractivity contribution in [3.8, 4) is 5.88 Å². The smallest absolute Gasteiger partial charge is 0.331 e. The lowest BCUT2D eigenvalue weighted by Crippen LogP contribution is -2.47. The van der Waals surface area contributed by atoms with Gasteiger partial charge >= 0.3 is 5.91 Å². The Morgan fingerprint density at radius 2 is 2.03 bits per heavy atom. The summed E-state index contributed by atoms with van der Waals surface area (Å²) < 4.78 is 9.62. The van der Waals surface area contributed by atoms with E-state index in [4.69, 9.17) is 4.42 Å². The number of carbonyl (C=O) groups excluding carboxylic acids is 1. The van der Waals surface area contributed by atoms with Crippen molar-refractivity contribution in [2.45, 2.75) is 25.6 Å². The number of pyridine rings is 1. The van der Waals surface area contributed by atoms with E-state index in [0.717, 1.165) is 35.2 Å². The molecule has 9 nitrogen and oxygen atoms in total. The maximum Gasteiger partial charge on any atom is 0.331 e. The van der Waals surface area contributed by atoms with E-state index in [2.05, 4.69) is 31.1 Å². The number of fused-ring (bicyclic) bond motifs is 5. The number of nitrogens with zero attached hydrogens (tertiary/aromatic N) is 5. The normalized spacial score (nSPS) is 19.9. The first-order valence-electron chi connectivity index (χ1n) is 11.4. The topological polar surface area (TPSA) is 105 Å². The molecule has 0 unspecified atom stereocenters. The Hall–Kier alpha value is -3.50. The van der Waals surface area contributed by atoms with Crippen molar-refractivity contribution in [1.82, 2.24) is 14.0 Å². The first-order valence-corrected chi connectivity index (χ1v) is 12.2. The first-order chi connectivity index (χ1) is 17.0. The number of rotatable bonds is 4. The second-order valence-electron chi connectivity index (χ2n) is 9.12. The largest absolute Gasteiger partial charge is 0.493 e. The van der Waals surface area contributed by atoms with Gasteiger partial charge in [-0.25, -0.2) is 0 Å². The highest BCUT2D eigenvalue weighted by atomic mass is 79.9. The minimum Gasteiger partial charge on any atom is -0.493 e. The highest BCUT2D eigenvalue weighted by Crippen LogP contribution is 2.41. The Kier molecular flexibility index (Phi) is 5.42. The lowest BCUT2D eigenvalue weighted by atomic mass is 9.83. The molecule has 1 amide bonds. The summed E-state index contributed by atoms with van der Waals surface area (Å²) in [5, 5.41) is 19.7. The van der Waals surface area contributed by atoms with Gasteiger partial charge in [0, 0.05) is 47.2 Å². The fourth-order valence-corrected chi connectivity index (χ4v) is 5.75. The second kappa shape index (κ2) is 8.62. The molecule has 0 radical (unpaired) electrons. The van der Waals surface area contributed by atoms with Gasteiger partial charge in [-0.3, -0.25) is 19.1 Å². The van der Waals surface area contributed by atoms with Crippen LogP contribution in [0.25, 0.3) is 10.9 Å². The molecule has 178 valence electrons. The number of benzene rings is 1. The predicted octanol–water partition coefficient (Wildman–Crippen LogP) is 4.87. The Morgan fingerprint density at radius 1 is 1.14 bits per heavy atom. The number of piperidine rings is 1. The first kappa shape index (κ1) is 22.0. The molecule has 1 saturated heterocycles. The molecule has 0 aliphatic carbocycles. The van der Waals surface area contributed by atoms with Gasteiger partial charge in [0.25, 0.3) is 5.56 Å². The minimum absolute atomic E-state index is 0.0542. The maximum absolute atomic E-state index is 12.3. The molecule has 1 N–H and O–H groups in total. The number of likely N-dealkylation sites (tertiary alicyclic amines) is 1. The number of aromatic hydroxyl groups is 1. The molecule has 35 heavy (non-hydrogen) atoms. The summed E-state index contributed by atoms with van der Waals surface area (Å²) in [5.74, 6) is 0.0334. The van der Waals surface area contributed by atoms with Crippen LogP contribution in [0.15, 0.2) is 78.7 Å². The van der Waals surface area contributed by atoms with Gasteiger partial charge in [-0.15, -0.1) is 10.2 Å². The van der Waals surface area contributed by atoms with Crippen molar-refractivity contribution < 1.29 is 14.3 Å². The van der Waals surface area contributed by atoms with Crippen molar-refractivity contribution in [1.29, 1.82) is 0 Å². The van der Waals surface area contributed by atoms with Gasteiger partial charge in [0.05, 0.1) is 18.4 Å². The van der Waals surface area contributed by atoms with E-state index in [1.807, 2.05) is 34.9 Å². The second-order valence-corrected chi connectivity index (χ2v) is 10.0. The molecule has 1 fully saturated rings. The van der Waals surface area contributed by atoms with Crippen LogP contribution in [0.1, 0.15) is 28.6 Å². The number of hydrogen-bond donors (Lipinski definition) is 1. The highest BCUT2D eigenvalue weighted by Gasteiger charge is 2.35. The summed E-state index contributed by atoms with van der Waals surface area (Å²) in [4.78, 5) is 26.9. The van der Waals surface area contributed by atoms with Crippen LogP contribution in [0.5, 0.6) is 5.88 Å². The van der Waals surface area contributed by atoms with Crippen LogP contribution in [-0.4, -0.2) is 38.1 Å². The zero-order valence-corrected chi connectivity index (χ0v) is 20.3. The minimum atomic E-state index is -0.622. The number of halogens is 1. The maximum atomic E-state index is 12.3. The van der Waals surface area contributed by atoms with Crippen molar-refractivity contribution in [3.63, 3.8) is 0 Å². The van der Waals surface area contributed by atoms with Gasteiger partial charge in [0.2, 0.25) is 5.88 Å². The molecule has 0 saturated carbocycles. The molecule has 2 bridgehead atoms. The van der Waals surface area contributed by atoms with Gasteiger partial charge in [-0.2, -0.15) is 0 Å². The molecule has 10 heteroatoms. The average Bonchev–Trinajstić information content (AvgIpc) is 3.46. The summed E-state index contributed by atoms with van der Waals surface area (Å²) in [6.45, 7) is 2.77. The zero-order chi connectivity index (χ0) is 24.1. The third-order valence-electron chi connectivity index (χ3n) is 6.84.